The van der Waals surface area contributed by atoms with Gasteiger partial charge in [0.25, 0.3) is 0 Å². The quantitative estimate of drug-likeness (QED) is 0.876. The number of anilines is 2. The van der Waals surface area contributed by atoms with E-state index in [1.165, 1.54) is 0 Å². The molecule has 3 heterocycles. The Labute approximate surface area is 111 Å². The average Bonchev–Trinajstić information content (AvgIpc) is 3.00. The number of nitrogens with one attached hydrogen (secondary N) is 2. The summed E-state index contributed by atoms with van der Waals surface area (Å²) in [6, 6.07) is 3.75. The van der Waals surface area contributed by atoms with Crippen LogP contribution in [0.5, 0.6) is 0 Å². The molecule has 19 heavy (non-hydrogen) atoms. The summed E-state index contributed by atoms with van der Waals surface area (Å²) in [5, 5.41) is 10.4. The van der Waals surface area contributed by atoms with E-state index in [1.807, 2.05) is 26.0 Å². The van der Waals surface area contributed by atoms with Crippen LogP contribution in [-0.2, 0) is 0 Å². The zero-order valence-electron chi connectivity index (χ0n) is 11.1. The molecule has 2 aromatic heterocycles. The molecule has 1 saturated heterocycles. The normalized spacial score (nSPS) is 18.7. The topological polar surface area (TPSA) is 75.9 Å². The first-order valence-corrected chi connectivity index (χ1v) is 6.47. The molecule has 1 aliphatic rings. The van der Waals surface area contributed by atoms with Crippen molar-refractivity contribution in [1.82, 2.24) is 20.4 Å². The second-order valence-corrected chi connectivity index (χ2v) is 4.89. The van der Waals surface area contributed by atoms with Crippen LogP contribution < -0.4 is 10.6 Å². The number of hydrogen-bond acceptors (Lipinski definition) is 6. The van der Waals surface area contributed by atoms with E-state index >= 15 is 0 Å². The molecule has 3 rings (SSSR count). The van der Waals surface area contributed by atoms with Gasteiger partial charge in [0.15, 0.2) is 5.82 Å². The minimum Gasteiger partial charge on any atom is -0.360 e. The second kappa shape index (κ2) is 4.97. The molecule has 0 radical (unpaired) electrons. The van der Waals surface area contributed by atoms with Gasteiger partial charge in [-0.2, -0.15) is 0 Å². The molecule has 0 bridgehead atoms. The molecule has 100 valence electrons. The molecule has 1 fully saturated rings. The number of hydrogen-bond donors (Lipinski definition) is 2. The van der Waals surface area contributed by atoms with Gasteiger partial charge >= 0.3 is 0 Å². The van der Waals surface area contributed by atoms with Gasteiger partial charge in [-0.25, -0.2) is 9.97 Å². The second-order valence-electron chi connectivity index (χ2n) is 4.89. The molecule has 1 aliphatic heterocycles. The van der Waals surface area contributed by atoms with E-state index in [2.05, 4.69) is 25.8 Å². The van der Waals surface area contributed by atoms with Crippen LogP contribution in [0.4, 0.5) is 11.6 Å². The van der Waals surface area contributed by atoms with Gasteiger partial charge in [-0.05, 0) is 26.8 Å². The lowest BCUT2D eigenvalue weighted by Gasteiger charge is -2.10. The van der Waals surface area contributed by atoms with Crippen LogP contribution >= 0.6 is 0 Å². The minimum atomic E-state index is 0.402. The fourth-order valence-electron chi connectivity index (χ4n) is 2.27. The summed E-state index contributed by atoms with van der Waals surface area (Å²) in [7, 11) is 0. The van der Waals surface area contributed by atoms with Gasteiger partial charge in [-0.3, -0.25) is 0 Å². The summed E-state index contributed by atoms with van der Waals surface area (Å²) in [4.78, 5) is 9.10. The Morgan fingerprint density at radius 3 is 2.84 bits per heavy atom. The number of aromatic nitrogens is 3. The van der Waals surface area contributed by atoms with Crippen LogP contribution in [0.1, 0.15) is 29.6 Å². The molecule has 0 amide bonds. The molecule has 2 N–H and O–H groups in total. The molecule has 6 heteroatoms. The van der Waals surface area contributed by atoms with E-state index in [1.54, 1.807) is 0 Å². The van der Waals surface area contributed by atoms with Crippen LogP contribution in [-0.4, -0.2) is 28.2 Å². The standard InChI is InChI=1S/C13H17N5O/c1-8-5-11(16-12-6-9(2)19-18-12)17-13(15-8)10-3-4-14-7-10/h5-6,10,14H,3-4,7H2,1-2H3,(H,15,16,17,18)/t10-/m1/s1. The van der Waals surface area contributed by atoms with Gasteiger partial charge in [0.2, 0.25) is 0 Å². The van der Waals surface area contributed by atoms with E-state index in [4.69, 9.17) is 4.52 Å². The lowest BCUT2D eigenvalue weighted by molar-refractivity contribution is 0.400. The van der Waals surface area contributed by atoms with Crippen LogP contribution in [0, 0.1) is 13.8 Å². The molecule has 2 aromatic rings. The first-order valence-electron chi connectivity index (χ1n) is 6.47. The van der Waals surface area contributed by atoms with E-state index < -0.39 is 0 Å². The Balaban J connectivity index is 1.84. The lowest BCUT2D eigenvalue weighted by atomic mass is 10.1. The molecule has 0 aromatic carbocycles. The van der Waals surface area contributed by atoms with Crippen LogP contribution in [0.2, 0.25) is 0 Å². The molecule has 6 nitrogen and oxygen atoms in total. The van der Waals surface area contributed by atoms with Crippen molar-refractivity contribution < 1.29 is 4.52 Å². The van der Waals surface area contributed by atoms with Crippen LogP contribution in [0.15, 0.2) is 16.7 Å². The molecule has 0 saturated carbocycles. The Hall–Kier alpha value is -1.95. The van der Waals surface area contributed by atoms with Crippen molar-refractivity contribution in [3.8, 4) is 0 Å². The third-order valence-corrected chi connectivity index (χ3v) is 3.18. The fraction of sp³-hybridized carbons (Fsp3) is 0.462. The molecular weight excluding hydrogens is 242 g/mol. The van der Waals surface area contributed by atoms with Gasteiger partial charge in [0, 0.05) is 30.3 Å². The average molecular weight is 259 g/mol. The Morgan fingerprint density at radius 1 is 1.26 bits per heavy atom. The predicted molar refractivity (Wildman–Crippen MR) is 71.5 cm³/mol. The Morgan fingerprint density at radius 2 is 2.16 bits per heavy atom. The summed E-state index contributed by atoms with van der Waals surface area (Å²) in [5.74, 6) is 3.51. The van der Waals surface area contributed by atoms with Gasteiger partial charge < -0.3 is 15.2 Å². The van der Waals surface area contributed by atoms with Gasteiger partial charge in [-0.15, -0.1) is 0 Å². The lowest BCUT2D eigenvalue weighted by Crippen LogP contribution is -2.11. The van der Waals surface area contributed by atoms with Gasteiger partial charge in [-0.1, -0.05) is 5.16 Å². The maximum atomic E-state index is 5.03. The molecule has 0 aliphatic carbocycles. The highest BCUT2D eigenvalue weighted by atomic mass is 16.5. The molecular formula is C13H17N5O. The highest BCUT2D eigenvalue weighted by molar-refractivity contribution is 5.51. The number of nitrogens with zero attached hydrogens (tertiary/aromatic N) is 3. The van der Waals surface area contributed by atoms with Crippen molar-refractivity contribution in [2.75, 3.05) is 18.4 Å². The summed E-state index contributed by atoms with van der Waals surface area (Å²) in [5.41, 5.74) is 0.958. The van der Waals surface area contributed by atoms with E-state index in [0.717, 1.165) is 42.6 Å². The molecule has 1 atom stereocenters. The summed E-state index contributed by atoms with van der Waals surface area (Å²) in [6.07, 6.45) is 1.09. The Kier molecular flexibility index (Phi) is 3.16. The summed E-state index contributed by atoms with van der Waals surface area (Å²) >= 11 is 0. The van der Waals surface area contributed by atoms with Crippen molar-refractivity contribution in [2.24, 2.45) is 0 Å². The van der Waals surface area contributed by atoms with Gasteiger partial charge in [0.1, 0.15) is 17.4 Å². The fourth-order valence-corrected chi connectivity index (χ4v) is 2.27. The van der Waals surface area contributed by atoms with Crippen molar-refractivity contribution in [3.05, 3.63) is 29.4 Å². The third kappa shape index (κ3) is 2.73. The van der Waals surface area contributed by atoms with Crippen molar-refractivity contribution in [1.29, 1.82) is 0 Å². The highest BCUT2D eigenvalue weighted by Crippen LogP contribution is 2.22. The monoisotopic (exact) mass is 259 g/mol. The zero-order valence-corrected chi connectivity index (χ0v) is 11.1. The van der Waals surface area contributed by atoms with Crippen molar-refractivity contribution in [2.45, 2.75) is 26.2 Å². The van der Waals surface area contributed by atoms with E-state index in [0.29, 0.717) is 11.7 Å². The maximum absolute atomic E-state index is 5.03. The molecule has 0 spiro atoms. The van der Waals surface area contributed by atoms with Gasteiger partial charge in [0.05, 0.1) is 0 Å². The maximum Gasteiger partial charge on any atom is 0.175 e. The summed E-state index contributed by atoms with van der Waals surface area (Å²) < 4.78 is 5.03. The van der Waals surface area contributed by atoms with Crippen LogP contribution in [0.3, 0.4) is 0 Å². The summed E-state index contributed by atoms with van der Waals surface area (Å²) in [6.45, 7) is 5.82. The van der Waals surface area contributed by atoms with E-state index in [9.17, 15) is 0 Å². The smallest absolute Gasteiger partial charge is 0.175 e. The molecule has 0 unspecified atom stereocenters. The first-order chi connectivity index (χ1) is 9.20. The van der Waals surface area contributed by atoms with Crippen molar-refractivity contribution in [3.63, 3.8) is 0 Å². The highest BCUT2D eigenvalue weighted by Gasteiger charge is 2.20. The first kappa shape index (κ1) is 12.1. The van der Waals surface area contributed by atoms with Crippen LogP contribution in [0.25, 0.3) is 0 Å². The minimum absolute atomic E-state index is 0.402. The predicted octanol–water partition coefficient (Wildman–Crippen LogP) is 1.90. The largest absolute Gasteiger partial charge is 0.360 e. The third-order valence-electron chi connectivity index (χ3n) is 3.18. The van der Waals surface area contributed by atoms with Crippen molar-refractivity contribution >= 4 is 11.6 Å². The number of rotatable bonds is 3. The van der Waals surface area contributed by atoms with E-state index in [-0.39, 0.29) is 0 Å². The SMILES string of the molecule is Cc1cc(Nc2cc(C)on2)nc([C@@H]2CCNC2)n1. The zero-order chi connectivity index (χ0) is 13.2. The number of aryl methyl sites for hydroxylation is 2. The Bertz CT molecular complexity index is 574.